The molecule has 0 saturated heterocycles. The number of aliphatic hydroxyl groups is 2. The maximum absolute atomic E-state index is 10.7. The molecule has 1 aliphatic heterocycles. The van der Waals surface area contributed by atoms with Crippen molar-refractivity contribution in [3.63, 3.8) is 0 Å². The van der Waals surface area contributed by atoms with Crippen LogP contribution in [-0.4, -0.2) is 59.3 Å². The van der Waals surface area contributed by atoms with Crippen molar-refractivity contribution in [3.8, 4) is 11.5 Å². The molecule has 2 atom stereocenters. The Kier molecular flexibility index (Phi) is 9.11. The van der Waals surface area contributed by atoms with Gasteiger partial charge >= 0.3 is 0 Å². The zero-order valence-corrected chi connectivity index (χ0v) is 20.2. The summed E-state index contributed by atoms with van der Waals surface area (Å²) in [5, 5.41) is 21.3. The third-order valence-electron chi connectivity index (χ3n) is 6.77. The molecule has 2 unspecified atom stereocenters. The molecule has 2 aromatic rings. The second-order valence-corrected chi connectivity index (χ2v) is 8.68. The van der Waals surface area contributed by atoms with Gasteiger partial charge in [-0.1, -0.05) is 45.9 Å². The summed E-state index contributed by atoms with van der Waals surface area (Å²) in [4.78, 5) is 4.65. The fourth-order valence-electron chi connectivity index (χ4n) is 4.41. The highest BCUT2D eigenvalue weighted by molar-refractivity contribution is 5.52. The van der Waals surface area contributed by atoms with E-state index in [4.69, 9.17) is 4.74 Å². The van der Waals surface area contributed by atoms with E-state index in [1.165, 1.54) is 0 Å². The molecule has 0 aromatic heterocycles. The summed E-state index contributed by atoms with van der Waals surface area (Å²) in [6, 6.07) is 12.1. The lowest BCUT2D eigenvalue weighted by atomic mass is 9.94. The van der Waals surface area contributed by atoms with Crippen molar-refractivity contribution >= 4 is 0 Å². The summed E-state index contributed by atoms with van der Waals surface area (Å²) in [6.07, 6.45) is 1.26. The van der Waals surface area contributed by atoms with Crippen LogP contribution in [-0.2, 0) is 6.42 Å². The quantitative estimate of drug-likeness (QED) is 0.419. The second-order valence-electron chi connectivity index (χ2n) is 8.68. The molecule has 1 heterocycles. The van der Waals surface area contributed by atoms with Crippen molar-refractivity contribution in [3.05, 3.63) is 58.7 Å². The van der Waals surface area contributed by atoms with E-state index in [0.717, 1.165) is 85.9 Å². The van der Waals surface area contributed by atoms with E-state index in [9.17, 15) is 10.2 Å². The highest BCUT2D eigenvalue weighted by atomic mass is 16.5. The van der Waals surface area contributed by atoms with Gasteiger partial charge in [-0.2, -0.15) is 0 Å². The SMILES string of the molecule is CCN(CC)CCC(O)c1ccc2c(c1)Cc1ccc(C(O)CCN(CC)CC)cc1O2. The first kappa shape index (κ1) is 24.7. The lowest BCUT2D eigenvalue weighted by Gasteiger charge is -2.24. The topological polar surface area (TPSA) is 56.2 Å². The summed E-state index contributed by atoms with van der Waals surface area (Å²) >= 11 is 0. The molecule has 5 nitrogen and oxygen atoms in total. The Morgan fingerprint density at radius 3 is 1.81 bits per heavy atom. The number of fused-ring (bicyclic) bond motifs is 2. The number of hydrogen-bond acceptors (Lipinski definition) is 5. The monoisotopic (exact) mass is 440 g/mol. The van der Waals surface area contributed by atoms with Crippen molar-refractivity contribution in [1.82, 2.24) is 9.80 Å². The molecule has 5 heteroatoms. The summed E-state index contributed by atoms with van der Waals surface area (Å²) < 4.78 is 6.19. The summed E-state index contributed by atoms with van der Waals surface area (Å²) in [5.41, 5.74) is 4.08. The molecule has 0 radical (unpaired) electrons. The zero-order valence-electron chi connectivity index (χ0n) is 20.2. The molecule has 176 valence electrons. The Morgan fingerprint density at radius 1 is 0.719 bits per heavy atom. The van der Waals surface area contributed by atoms with E-state index in [2.05, 4.69) is 49.6 Å². The van der Waals surface area contributed by atoms with Crippen LogP contribution >= 0.6 is 0 Å². The molecular weight excluding hydrogens is 400 g/mol. The molecule has 2 aromatic carbocycles. The van der Waals surface area contributed by atoms with E-state index in [1.54, 1.807) is 0 Å². The predicted molar refractivity (Wildman–Crippen MR) is 130 cm³/mol. The zero-order chi connectivity index (χ0) is 23.1. The minimum absolute atomic E-state index is 0.467. The van der Waals surface area contributed by atoms with E-state index >= 15 is 0 Å². The third-order valence-corrected chi connectivity index (χ3v) is 6.77. The lowest BCUT2D eigenvalue weighted by molar-refractivity contribution is 0.144. The number of benzene rings is 2. The van der Waals surface area contributed by atoms with Gasteiger partial charge < -0.3 is 24.7 Å². The first-order chi connectivity index (χ1) is 15.5. The van der Waals surface area contributed by atoms with E-state index in [0.29, 0.717) is 6.42 Å². The van der Waals surface area contributed by atoms with Gasteiger partial charge in [-0.15, -0.1) is 0 Å². The Balaban J connectivity index is 1.66. The number of nitrogens with zero attached hydrogens (tertiary/aromatic N) is 2. The van der Waals surface area contributed by atoms with Crippen LogP contribution in [0.2, 0.25) is 0 Å². The summed E-state index contributed by atoms with van der Waals surface area (Å²) in [5.74, 6) is 1.67. The Hall–Kier alpha value is -1.92. The van der Waals surface area contributed by atoms with Crippen LogP contribution in [0, 0.1) is 0 Å². The van der Waals surface area contributed by atoms with E-state index in [-0.39, 0.29) is 0 Å². The van der Waals surface area contributed by atoms with Crippen LogP contribution in [0.3, 0.4) is 0 Å². The van der Waals surface area contributed by atoms with Crippen LogP contribution < -0.4 is 4.74 Å². The molecule has 0 aliphatic carbocycles. The van der Waals surface area contributed by atoms with Gasteiger partial charge in [0.05, 0.1) is 12.2 Å². The standard InChI is InChI=1S/C27H40N2O3/c1-5-28(6-2)15-13-24(30)20-11-12-26-23(17-20)18-22-10-9-21(19-27(22)32-26)25(31)14-16-29(7-3)8-4/h9-12,17,19,24-25,30-31H,5-8,13-16,18H2,1-4H3. The van der Waals surface area contributed by atoms with Gasteiger partial charge in [0, 0.05) is 19.5 Å². The number of rotatable bonds is 12. The van der Waals surface area contributed by atoms with Gasteiger partial charge in [-0.3, -0.25) is 0 Å². The molecule has 3 rings (SSSR count). The molecule has 0 spiro atoms. The molecule has 32 heavy (non-hydrogen) atoms. The Labute approximate surface area is 193 Å². The summed E-state index contributed by atoms with van der Waals surface area (Å²) in [7, 11) is 0. The summed E-state index contributed by atoms with van der Waals surface area (Å²) in [6.45, 7) is 14.4. The Bertz CT molecular complexity index is 790. The number of hydrogen-bond donors (Lipinski definition) is 2. The normalized spacial score (nSPS) is 14.8. The van der Waals surface area contributed by atoms with Crippen molar-refractivity contribution < 1.29 is 14.9 Å². The first-order valence-corrected chi connectivity index (χ1v) is 12.2. The van der Waals surface area contributed by atoms with E-state index in [1.807, 2.05) is 24.3 Å². The average Bonchev–Trinajstić information content (AvgIpc) is 2.82. The van der Waals surface area contributed by atoms with Gasteiger partial charge in [0.15, 0.2) is 0 Å². The predicted octanol–water partition coefficient (Wildman–Crippen LogP) is 4.91. The van der Waals surface area contributed by atoms with Crippen LogP contribution in [0.5, 0.6) is 11.5 Å². The van der Waals surface area contributed by atoms with Crippen molar-refractivity contribution in [2.75, 3.05) is 39.3 Å². The average molecular weight is 441 g/mol. The maximum atomic E-state index is 10.7. The van der Waals surface area contributed by atoms with Gasteiger partial charge in [0.2, 0.25) is 0 Å². The third kappa shape index (κ3) is 6.10. The lowest BCUT2D eigenvalue weighted by Crippen LogP contribution is -2.25. The van der Waals surface area contributed by atoms with Crippen LogP contribution in [0.4, 0.5) is 0 Å². The van der Waals surface area contributed by atoms with Gasteiger partial charge in [0.25, 0.3) is 0 Å². The van der Waals surface area contributed by atoms with Crippen LogP contribution in [0.25, 0.3) is 0 Å². The van der Waals surface area contributed by atoms with Gasteiger partial charge in [-0.05, 0) is 79.5 Å². The smallest absolute Gasteiger partial charge is 0.131 e. The first-order valence-electron chi connectivity index (χ1n) is 12.2. The minimum atomic E-state index is -0.491. The van der Waals surface area contributed by atoms with Crippen LogP contribution in [0.1, 0.15) is 75.0 Å². The van der Waals surface area contributed by atoms with Crippen molar-refractivity contribution in [1.29, 1.82) is 0 Å². The maximum Gasteiger partial charge on any atom is 0.131 e. The second kappa shape index (κ2) is 11.8. The molecule has 1 aliphatic rings. The minimum Gasteiger partial charge on any atom is -0.457 e. The van der Waals surface area contributed by atoms with Gasteiger partial charge in [-0.25, -0.2) is 0 Å². The molecular formula is C27H40N2O3. The van der Waals surface area contributed by atoms with Crippen LogP contribution in [0.15, 0.2) is 36.4 Å². The molecule has 0 amide bonds. The molecule has 0 saturated carbocycles. The largest absolute Gasteiger partial charge is 0.457 e. The fourth-order valence-corrected chi connectivity index (χ4v) is 4.41. The number of ether oxygens (including phenoxy) is 1. The number of aliphatic hydroxyl groups excluding tert-OH is 2. The highest BCUT2D eigenvalue weighted by Crippen LogP contribution is 2.39. The Morgan fingerprint density at radius 2 is 1.25 bits per heavy atom. The van der Waals surface area contributed by atoms with Crippen molar-refractivity contribution in [2.24, 2.45) is 0 Å². The van der Waals surface area contributed by atoms with E-state index < -0.39 is 12.2 Å². The highest BCUT2D eigenvalue weighted by Gasteiger charge is 2.21. The molecule has 0 bridgehead atoms. The molecule has 2 N–H and O–H groups in total. The van der Waals surface area contributed by atoms with Gasteiger partial charge in [0.1, 0.15) is 11.5 Å². The molecule has 0 fully saturated rings. The van der Waals surface area contributed by atoms with Crippen molar-refractivity contribution in [2.45, 2.75) is 59.2 Å². The fraction of sp³-hybridized carbons (Fsp3) is 0.556.